The summed E-state index contributed by atoms with van der Waals surface area (Å²) >= 11 is 0. The minimum atomic E-state index is 0.0112. The SMILES string of the molecule is C=CC(C(C)CCCCCCCC)(N(CC)CCCC)N(CC)CCCC. The molecule has 0 saturated heterocycles. The normalized spacial score (nSPS) is 13.5. The molecular weight excluding hydrogens is 328 g/mol. The van der Waals surface area contributed by atoms with Crippen LogP contribution in [0.3, 0.4) is 0 Å². The van der Waals surface area contributed by atoms with Gasteiger partial charge in [0.2, 0.25) is 0 Å². The van der Waals surface area contributed by atoms with Crippen molar-refractivity contribution in [2.75, 3.05) is 26.2 Å². The zero-order valence-electron chi connectivity index (χ0n) is 19.9. The van der Waals surface area contributed by atoms with Gasteiger partial charge in [0.15, 0.2) is 0 Å². The summed E-state index contributed by atoms with van der Waals surface area (Å²) in [5.74, 6) is 0.620. The van der Waals surface area contributed by atoms with Gasteiger partial charge in [0.25, 0.3) is 0 Å². The first-order valence-electron chi connectivity index (χ1n) is 12.2. The molecule has 1 atom stereocenters. The predicted molar refractivity (Wildman–Crippen MR) is 124 cm³/mol. The molecule has 2 nitrogen and oxygen atoms in total. The Bertz CT molecular complexity index is 323. The maximum atomic E-state index is 4.39. The second-order valence-electron chi connectivity index (χ2n) is 8.31. The van der Waals surface area contributed by atoms with Gasteiger partial charge in [-0.1, -0.05) is 106 Å². The maximum absolute atomic E-state index is 4.39. The fraction of sp³-hybridized carbons (Fsp3) is 0.920. The molecule has 0 heterocycles. The lowest BCUT2D eigenvalue weighted by atomic mass is 9.85. The Hall–Kier alpha value is -0.340. The smallest absolute Gasteiger partial charge is 0.0952 e. The lowest BCUT2D eigenvalue weighted by Crippen LogP contribution is -2.63. The van der Waals surface area contributed by atoms with Crippen molar-refractivity contribution in [1.82, 2.24) is 9.80 Å². The Balaban J connectivity index is 5.28. The van der Waals surface area contributed by atoms with Gasteiger partial charge in [-0.3, -0.25) is 9.80 Å². The number of hydrogen-bond donors (Lipinski definition) is 0. The Morgan fingerprint density at radius 2 is 1.15 bits per heavy atom. The van der Waals surface area contributed by atoms with Crippen molar-refractivity contribution in [3.63, 3.8) is 0 Å². The summed E-state index contributed by atoms with van der Waals surface area (Å²) in [7, 11) is 0. The van der Waals surface area contributed by atoms with Crippen LogP contribution >= 0.6 is 0 Å². The van der Waals surface area contributed by atoms with Crippen LogP contribution in [0, 0.1) is 5.92 Å². The van der Waals surface area contributed by atoms with Crippen LogP contribution in [0.1, 0.15) is 112 Å². The summed E-state index contributed by atoms with van der Waals surface area (Å²) in [6.45, 7) is 23.0. The van der Waals surface area contributed by atoms with Crippen LogP contribution in [-0.4, -0.2) is 41.6 Å². The number of hydrogen-bond acceptors (Lipinski definition) is 2. The quantitative estimate of drug-likeness (QED) is 0.130. The first kappa shape index (κ1) is 26.7. The Morgan fingerprint density at radius 3 is 1.56 bits per heavy atom. The number of likely N-dealkylation sites (N-methyl/N-ethyl adjacent to an activating group) is 2. The fourth-order valence-electron chi connectivity index (χ4n) is 4.60. The van der Waals surface area contributed by atoms with Gasteiger partial charge in [0.05, 0.1) is 5.66 Å². The van der Waals surface area contributed by atoms with Gasteiger partial charge < -0.3 is 0 Å². The average Bonchev–Trinajstić information content (AvgIpc) is 2.69. The molecule has 1 unspecified atom stereocenters. The number of rotatable bonds is 19. The molecule has 0 aliphatic rings. The summed E-state index contributed by atoms with van der Waals surface area (Å²) in [4.78, 5) is 5.45. The van der Waals surface area contributed by atoms with Crippen molar-refractivity contribution in [2.45, 2.75) is 118 Å². The Morgan fingerprint density at radius 1 is 0.704 bits per heavy atom. The lowest BCUT2D eigenvalue weighted by Gasteiger charge is -2.53. The first-order valence-corrected chi connectivity index (χ1v) is 12.2. The molecule has 27 heavy (non-hydrogen) atoms. The van der Waals surface area contributed by atoms with Gasteiger partial charge in [-0.15, -0.1) is 0 Å². The molecule has 0 aliphatic heterocycles. The highest BCUT2D eigenvalue weighted by atomic mass is 15.4. The van der Waals surface area contributed by atoms with Gasteiger partial charge in [0, 0.05) is 13.1 Å². The third kappa shape index (κ3) is 8.69. The van der Waals surface area contributed by atoms with Crippen LogP contribution < -0.4 is 0 Å². The van der Waals surface area contributed by atoms with E-state index in [1.807, 2.05) is 0 Å². The second kappa shape index (κ2) is 16.6. The highest BCUT2D eigenvalue weighted by molar-refractivity contribution is 5.06. The van der Waals surface area contributed by atoms with Gasteiger partial charge in [-0.25, -0.2) is 0 Å². The Kier molecular flexibility index (Phi) is 16.4. The maximum Gasteiger partial charge on any atom is 0.0952 e. The molecule has 0 bridgehead atoms. The summed E-state index contributed by atoms with van der Waals surface area (Å²) in [6.07, 6.45) is 17.0. The highest BCUT2D eigenvalue weighted by Gasteiger charge is 2.42. The van der Waals surface area contributed by atoms with Gasteiger partial charge in [0.1, 0.15) is 0 Å². The summed E-state index contributed by atoms with van der Waals surface area (Å²) < 4.78 is 0. The molecular formula is C25H52N2. The molecule has 0 aromatic carbocycles. The third-order valence-electron chi connectivity index (χ3n) is 6.36. The van der Waals surface area contributed by atoms with Gasteiger partial charge >= 0.3 is 0 Å². The molecule has 0 aliphatic carbocycles. The molecule has 0 aromatic heterocycles. The van der Waals surface area contributed by atoms with Crippen LogP contribution in [0.5, 0.6) is 0 Å². The van der Waals surface area contributed by atoms with Crippen molar-refractivity contribution in [3.8, 4) is 0 Å². The van der Waals surface area contributed by atoms with E-state index in [4.69, 9.17) is 0 Å². The average molecular weight is 381 g/mol. The largest absolute Gasteiger partial charge is 0.282 e. The van der Waals surface area contributed by atoms with Gasteiger partial charge in [-0.2, -0.15) is 0 Å². The van der Waals surface area contributed by atoms with E-state index in [0.717, 1.165) is 13.1 Å². The minimum absolute atomic E-state index is 0.0112. The summed E-state index contributed by atoms with van der Waals surface area (Å²) in [6, 6.07) is 0. The Labute approximate surface area is 172 Å². The van der Waals surface area contributed by atoms with Crippen molar-refractivity contribution in [2.24, 2.45) is 5.92 Å². The number of unbranched alkanes of at least 4 members (excludes halogenated alkanes) is 7. The third-order valence-corrected chi connectivity index (χ3v) is 6.36. The summed E-state index contributed by atoms with van der Waals surface area (Å²) in [5, 5.41) is 0. The van der Waals surface area contributed by atoms with E-state index in [9.17, 15) is 0 Å². The van der Waals surface area contributed by atoms with E-state index in [2.05, 4.69) is 64.0 Å². The molecule has 0 amide bonds. The molecule has 162 valence electrons. The summed E-state index contributed by atoms with van der Waals surface area (Å²) in [5.41, 5.74) is 0.0112. The van der Waals surface area contributed by atoms with E-state index in [1.54, 1.807) is 0 Å². The molecule has 0 spiro atoms. The molecule has 0 radical (unpaired) electrons. The van der Waals surface area contributed by atoms with Crippen molar-refractivity contribution in [1.29, 1.82) is 0 Å². The molecule has 2 heteroatoms. The van der Waals surface area contributed by atoms with E-state index >= 15 is 0 Å². The van der Waals surface area contributed by atoms with Crippen LogP contribution in [-0.2, 0) is 0 Å². The van der Waals surface area contributed by atoms with Crippen LogP contribution in [0.25, 0.3) is 0 Å². The fourth-order valence-corrected chi connectivity index (χ4v) is 4.60. The molecule has 0 saturated carbocycles. The van der Waals surface area contributed by atoms with Crippen LogP contribution in [0.2, 0.25) is 0 Å². The highest BCUT2D eigenvalue weighted by Crippen LogP contribution is 2.35. The molecule has 0 rings (SSSR count). The van der Waals surface area contributed by atoms with Crippen molar-refractivity contribution < 1.29 is 0 Å². The zero-order chi connectivity index (χ0) is 20.5. The van der Waals surface area contributed by atoms with E-state index < -0.39 is 0 Å². The minimum Gasteiger partial charge on any atom is -0.282 e. The van der Waals surface area contributed by atoms with E-state index in [1.165, 1.54) is 83.7 Å². The van der Waals surface area contributed by atoms with E-state index in [0.29, 0.717) is 5.92 Å². The zero-order valence-corrected chi connectivity index (χ0v) is 19.9. The van der Waals surface area contributed by atoms with Crippen LogP contribution in [0.15, 0.2) is 12.7 Å². The van der Waals surface area contributed by atoms with Crippen molar-refractivity contribution >= 4 is 0 Å². The monoisotopic (exact) mass is 380 g/mol. The van der Waals surface area contributed by atoms with Gasteiger partial charge in [-0.05, 0) is 38.3 Å². The topological polar surface area (TPSA) is 6.48 Å². The lowest BCUT2D eigenvalue weighted by molar-refractivity contribution is -0.0600. The predicted octanol–water partition coefficient (Wildman–Crippen LogP) is 7.50. The first-order chi connectivity index (χ1) is 13.1. The molecule has 0 aromatic rings. The van der Waals surface area contributed by atoms with Crippen molar-refractivity contribution in [3.05, 3.63) is 12.7 Å². The second-order valence-corrected chi connectivity index (χ2v) is 8.31. The standard InChI is InChI=1S/C25H52N2/c1-8-14-17-18-19-20-21-24(7)25(11-4,26(12-5)22-15-9-2)27(13-6)23-16-10-3/h11,24H,4,8-10,12-23H2,1-3,5-7H3. The van der Waals surface area contributed by atoms with E-state index in [-0.39, 0.29) is 5.66 Å². The number of nitrogens with zero attached hydrogens (tertiary/aromatic N) is 2. The molecule has 0 N–H and O–H groups in total. The van der Waals surface area contributed by atoms with Crippen LogP contribution in [0.4, 0.5) is 0 Å². The molecule has 0 fully saturated rings.